The number of aromatic nitrogens is 2. The molecule has 3 aromatic carbocycles. The van der Waals surface area contributed by atoms with Gasteiger partial charge in [-0.25, -0.2) is 14.4 Å². The van der Waals surface area contributed by atoms with Gasteiger partial charge in [-0.15, -0.1) is 0 Å². The molecule has 1 saturated heterocycles. The van der Waals surface area contributed by atoms with Gasteiger partial charge in [0, 0.05) is 32.2 Å². The van der Waals surface area contributed by atoms with E-state index in [0.29, 0.717) is 48.0 Å². The zero-order chi connectivity index (χ0) is 26.3. The summed E-state index contributed by atoms with van der Waals surface area (Å²) >= 11 is 7.57. The van der Waals surface area contributed by atoms with E-state index in [9.17, 15) is 9.18 Å². The average molecular weight is 548 g/mol. The lowest BCUT2D eigenvalue weighted by Gasteiger charge is -2.36. The number of hydrogen-bond acceptors (Lipinski definition) is 6. The van der Waals surface area contributed by atoms with Crippen LogP contribution < -0.4 is 15.1 Å². The summed E-state index contributed by atoms with van der Waals surface area (Å²) in [5.41, 5.74) is 2.63. The predicted molar refractivity (Wildman–Crippen MR) is 151 cm³/mol. The Labute approximate surface area is 230 Å². The highest BCUT2D eigenvalue weighted by Crippen LogP contribution is 2.26. The second-order valence-corrected chi connectivity index (χ2v) is 10.2. The Morgan fingerprint density at radius 1 is 0.868 bits per heavy atom. The predicted octanol–water partition coefficient (Wildman–Crippen LogP) is 5.59. The Kier molecular flexibility index (Phi) is 8.41. The Bertz CT molecular complexity index is 1330. The molecule has 0 spiro atoms. The maximum absolute atomic E-state index is 14.2. The molecule has 1 fully saturated rings. The maximum atomic E-state index is 14.2. The highest BCUT2D eigenvalue weighted by Gasteiger charge is 2.22. The molecule has 1 aliphatic rings. The van der Waals surface area contributed by atoms with Gasteiger partial charge < -0.3 is 15.1 Å². The first-order valence-electron chi connectivity index (χ1n) is 12.4. The van der Waals surface area contributed by atoms with E-state index >= 15 is 0 Å². The van der Waals surface area contributed by atoms with Crippen LogP contribution in [0.2, 0.25) is 5.15 Å². The summed E-state index contributed by atoms with van der Waals surface area (Å²) in [4.78, 5) is 26.1. The third-order valence-electron chi connectivity index (χ3n) is 6.36. The SMILES string of the molecule is O=C(CSc1nc(Cl)cc(N2CCN(c3ccccc3F)CC2)n1)NC(c1ccccc1)c1ccccc1. The summed E-state index contributed by atoms with van der Waals surface area (Å²) in [6.45, 7) is 2.66. The van der Waals surface area contributed by atoms with Gasteiger partial charge in [-0.3, -0.25) is 4.79 Å². The molecule has 1 aliphatic heterocycles. The molecule has 4 aromatic rings. The van der Waals surface area contributed by atoms with Crippen molar-refractivity contribution < 1.29 is 9.18 Å². The number of benzene rings is 3. The minimum absolute atomic E-state index is 0.128. The number of anilines is 2. The summed E-state index contributed by atoms with van der Waals surface area (Å²) in [7, 11) is 0. The first-order valence-corrected chi connectivity index (χ1v) is 13.7. The van der Waals surface area contributed by atoms with E-state index in [4.69, 9.17) is 11.6 Å². The zero-order valence-electron chi connectivity index (χ0n) is 20.6. The van der Waals surface area contributed by atoms with E-state index in [1.54, 1.807) is 18.2 Å². The smallest absolute Gasteiger partial charge is 0.231 e. The van der Waals surface area contributed by atoms with E-state index in [2.05, 4.69) is 20.2 Å². The fraction of sp³-hybridized carbons (Fsp3) is 0.207. The Morgan fingerprint density at radius 3 is 2.08 bits per heavy atom. The zero-order valence-corrected chi connectivity index (χ0v) is 22.2. The molecule has 0 unspecified atom stereocenters. The molecule has 0 atom stereocenters. The summed E-state index contributed by atoms with van der Waals surface area (Å²) in [5.74, 6) is 0.505. The second-order valence-electron chi connectivity index (χ2n) is 8.87. The van der Waals surface area contributed by atoms with Crippen LogP contribution in [0.3, 0.4) is 0 Å². The van der Waals surface area contributed by atoms with Crippen molar-refractivity contribution in [3.63, 3.8) is 0 Å². The third kappa shape index (κ3) is 6.44. The number of hydrogen-bond donors (Lipinski definition) is 1. The number of amides is 1. The van der Waals surface area contributed by atoms with Gasteiger partial charge in [-0.2, -0.15) is 0 Å². The molecule has 0 bridgehead atoms. The minimum atomic E-state index is -0.257. The van der Waals surface area contributed by atoms with Crippen molar-refractivity contribution in [3.05, 3.63) is 113 Å². The van der Waals surface area contributed by atoms with Crippen molar-refractivity contribution in [2.75, 3.05) is 41.7 Å². The molecule has 0 saturated carbocycles. The molecular weight excluding hydrogens is 521 g/mol. The normalized spacial score (nSPS) is 13.6. The molecule has 6 nitrogen and oxygen atoms in total. The van der Waals surface area contributed by atoms with Crippen molar-refractivity contribution in [2.24, 2.45) is 0 Å². The van der Waals surface area contributed by atoms with Crippen molar-refractivity contribution in [1.82, 2.24) is 15.3 Å². The van der Waals surface area contributed by atoms with Crippen LogP contribution in [-0.2, 0) is 4.79 Å². The van der Waals surface area contributed by atoms with Gasteiger partial charge in [0.15, 0.2) is 5.16 Å². The van der Waals surface area contributed by atoms with Crippen LogP contribution in [0.1, 0.15) is 17.2 Å². The van der Waals surface area contributed by atoms with Crippen LogP contribution in [0.4, 0.5) is 15.9 Å². The quantitative estimate of drug-likeness (QED) is 0.176. The first kappa shape index (κ1) is 26.0. The Hall–Kier alpha value is -3.62. The number of nitrogens with zero attached hydrogens (tertiary/aromatic N) is 4. The van der Waals surface area contributed by atoms with Gasteiger partial charge in [0.2, 0.25) is 5.91 Å². The van der Waals surface area contributed by atoms with Gasteiger partial charge in [0.25, 0.3) is 0 Å². The third-order valence-corrected chi connectivity index (χ3v) is 7.40. The number of halogens is 2. The van der Waals surface area contributed by atoms with E-state index in [0.717, 1.165) is 11.1 Å². The molecule has 5 rings (SSSR count). The lowest BCUT2D eigenvalue weighted by Crippen LogP contribution is -2.47. The lowest BCUT2D eigenvalue weighted by molar-refractivity contribution is -0.119. The van der Waals surface area contributed by atoms with Gasteiger partial charge in [-0.1, -0.05) is 96.2 Å². The highest BCUT2D eigenvalue weighted by atomic mass is 35.5. The molecule has 1 N–H and O–H groups in total. The fourth-order valence-electron chi connectivity index (χ4n) is 4.48. The standard InChI is InChI=1S/C29H27ClFN5OS/c30-25-19-26(36-17-15-35(16-18-36)24-14-8-7-13-23(24)31)33-29(32-25)38-20-27(37)34-28(21-9-3-1-4-10-21)22-11-5-2-6-12-22/h1-14,19,28H,15-18,20H2,(H,34,37). The maximum Gasteiger partial charge on any atom is 0.231 e. The van der Waals surface area contributed by atoms with E-state index in [1.165, 1.54) is 17.8 Å². The van der Waals surface area contributed by atoms with Crippen LogP contribution in [0.15, 0.2) is 96.2 Å². The van der Waals surface area contributed by atoms with E-state index in [-0.39, 0.29) is 23.5 Å². The minimum Gasteiger partial charge on any atom is -0.366 e. The molecule has 38 heavy (non-hydrogen) atoms. The number of para-hydroxylation sites is 1. The Morgan fingerprint density at radius 2 is 1.45 bits per heavy atom. The van der Waals surface area contributed by atoms with Crippen LogP contribution in [0.25, 0.3) is 0 Å². The second kappa shape index (κ2) is 12.3. The summed E-state index contributed by atoms with van der Waals surface area (Å²) < 4.78 is 14.2. The van der Waals surface area contributed by atoms with Crippen molar-refractivity contribution in [3.8, 4) is 0 Å². The average Bonchev–Trinajstić information content (AvgIpc) is 2.96. The molecule has 9 heteroatoms. The number of piperazine rings is 1. The number of carbonyl (C=O) groups is 1. The fourth-order valence-corrected chi connectivity index (χ4v) is 5.37. The van der Waals surface area contributed by atoms with Crippen LogP contribution in [0.5, 0.6) is 0 Å². The van der Waals surface area contributed by atoms with Crippen LogP contribution in [-0.4, -0.2) is 47.8 Å². The largest absolute Gasteiger partial charge is 0.366 e. The summed E-state index contributed by atoms with van der Waals surface area (Å²) in [5, 5.41) is 3.90. The van der Waals surface area contributed by atoms with Crippen LogP contribution in [0, 0.1) is 5.82 Å². The van der Waals surface area contributed by atoms with Crippen molar-refractivity contribution in [2.45, 2.75) is 11.2 Å². The van der Waals surface area contributed by atoms with Crippen molar-refractivity contribution in [1.29, 1.82) is 0 Å². The van der Waals surface area contributed by atoms with E-state index in [1.807, 2.05) is 71.6 Å². The lowest BCUT2D eigenvalue weighted by atomic mass is 9.99. The van der Waals surface area contributed by atoms with Crippen molar-refractivity contribution >= 4 is 40.8 Å². The molecule has 1 aromatic heterocycles. The van der Waals surface area contributed by atoms with Gasteiger partial charge >= 0.3 is 0 Å². The molecule has 194 valence electrons. The molecular formula is C29H27ClFN5OS. The number of nitrogens with one attached hydrogen (secondary N) is 1. The number of carbonyl (C=O) groups excluding carboxylic acids is 1. The van der Waals surface area contributed by atoms with Gasteiger partial charge in [-0.05, 0) is 23.3 Å². The summed E-state index contributed by atoms with van der Waals surface area (Å²) in [6.07, 6.45) is 0. The van der Waals surface area contributed by atoms with Gasteiger partial charge in [0.05, 0.1) is 17.5 Å². The highest BCUT2D eigenvalue weighted by molar-refractivity contribution is 7.99. The Balaban J connectivity index is 1.22. The first-order chi connectivity index (χ1) is 18.6. The molecule has 2 heterocycles. The topological polar surface area (TPSA) is 61.4 Å². The number of rotatable bonds is 8. The molecule has 0 aliphatic carbocycles. The summed E-state index contributed by atoms with van der Waals surface area (Å²) in [6, 6.07) is 28.1. The molecule has 1 amide bonds. The monoisotopic (exact) mass is 547 g/mol. The van der Waals surface area contributed by atoms with E-state index < -0.39 is 0 Å². The van der Waals surface area contributed by atoms with Crippen LogP contribution >= 0.6 is 23.4 Å². The number of thioether (sulfide) groups is 1. The molecule has 0 radical (unpaired) electrons. The van der Waals surface area contributed by atoms with Gasteiger partial charge in [0.1, 0.15) is 16.8 Å².